The van der Waals surface area contributed by atoms with Crippen molar-refractivity contribution in [3.63, 3.8) is 0 Å². The van der Waals surface area contributed by atoms with Crippen LogP contribution in [0.15, 0.2) is 27.4 Å². The summed E-state index contributed by atoms with van der Waals surface area (Å²) in [6.45, 7) is 4.27. The van der Waals surface area contributed by atoms with Crippen molar-refractivity contribution in [2.75, 3.05) is 6.66 Å². The van der Waals surface area contributed by atoms with E-state index in [1.807, 2.05) is 0 Å². The zero-order chi connectivity index (χ0) is 23.1. The summed E-state index contributed by atoms with van der Waals surface area (Å²) in [5.41, 5.74) is -0.606. The number of phenols is 3. The molecule has 5 N–H and O–H groups in total. The van der Waals surface area contributed by atoms with E-state index in [2.05, 4.69) is 4.67 Å². The third kappa shape index (κ3) is 4.05. The smallest absolute Gasteiger partial charge is 0.363 e. The van der Waals surface area contributed by atoms with Crippen molar-refractivity contribution in [2.24, 2.45) is 0 Å². The number of rotatable bonds is 6. The second-order valence-corrected chi connectivity index (χ2v) is 8.57. The number of benzene rings is 2. The zero-order valence-corrected chi connectivity index (χ0v) is 17.8. The van der Waals surface area contributed by atoms with E-state index in [9.17, 15) is 34.7 Å². The molecule has 0 saturated carbocycles. The van der Waals surface area contributed by atoms with Crippen LogP contribution in [0.4, 0.5) is 0 Å². The molecule has 166 valence electrons. The summed E-state index contributed by atoms with van der Waals surface area (Å²) in [4.78, 5) is 27.4. The van der Waals surface area contributed by atoms with Crippen LogP contribution in [0.1, 0.15) is 25.0 Å². The van der Waals surface area contributed by atoms with Crippen LogP contribution in [0.2, 0.25) is 0 Å². The first-order valence-corrected chi connectivity index (χ1v) is 11.3. The highest BCUT2D eigenvalue weighted by Gasteiger charge is 2.28. The Kier molecular flexibility index (Phi) is 5.91. The normalized spacial score (nSPS) is 13.3. The first-order chi connectivity index (χ1) is 14.5. The average molecular weight is 452 g/mol. The van der Waals surface area contributed by atoms with Crippen molar-refractivity contribution < 1.29 is 43.9 Å². The maximum Gasteiger partial charge on any atom is 0.363 e. The van der Waals surface area contributed by atoms with Gasteiger partial charge in [-0.15, -0.1) is 4.67 Å². The Balaban J connectivity index is 2.40. The standard InChI is InChI=1S/C20H21O10P/c1-4-10-15(23)14-16(24)17(25)18(9-6-7-12(21)13(22)8-9)28-20(14)11(5-2)19(10)29-30-31(3,26)27/h6-8,21-23,25H,4-5H2,1-3H3,(H,26,27). The number of hydrogen-bond donors (Lipinski definition) is 5. The summed E-state index contributed by atoms with van der Waals surface area (Å²) in [7, 11) is -4.04. The van der Waals surface area contributed by atoms with Crippen molar-refractivity contribution in [2.45, 2.75) is 26.7 Å². The van der Waals surface area contributed by atoms with Gasteiger partial charge in [0.25, 0.3) is 0 Å². The predicted molar refractivity (Wildman–Crippen MR) is 111 cm³/mol. The van der Waals surface area contributed by atoms with Crippen LogP contribution in [0, 0.1) is 0 Å². The third-order valence-corrected chi connectivity index (χ3v) is 4.99. The zero-order valence-electron chi connectivity index (χ0n) is 16.9. The van der Waals surface area contributed by atoms with Gasteiger partial charge in [0, 0.05) is 23.4 Å². The monoisotopic (exact) mass is 452 g/mol. The van der Waals surface area contributed by atoms with Gasteiger partial charge in [-0.25, -0.2) is 0 Å². The molecule has 0 amide bonds. The van der Waals surface area contributed by atoms with Crippen molar-refractivity contribution >= 4 is 18.6 Å². The van der Waals surface area contributed by atoms with Gasteiger partial charge in [0.2, 0.25) is 11.2 Å². The molecule has 1 aromatic heterocycles. The highest BCUT2D eigenvalue weighted by Crippen LogP contribution is 2.45. The maximum atomic E-state index is 12.9. The number of aromatic hydroxyl groups is 4. The molecule has 0 aliphatic heterocycles. The fourth-order valence-electron chi connectivity index (χ4n) is 3.21. The Morgan fingerprint density at radius 3 is 2.19 bits per heavy atom. The van der Waals surface area contributed by atoms with Gasteiger partial charge < -0.3 is 34.6 Å². The summed E-state index contributed by atoms with van der Waals surface area (Å²) < 4.78 is 21.9. The number of hydrogen-bond acceptors (Lipinski definition) is 9. The molecule has 0 aliphatic rings. The van der Waals surface area contributed by atoms with Gasteiger partial charge in [-0.1, -0.05) is 13.8 Å². The van der Waals surface area contributed by atoms with Gasteiger partial charge in [-0.05, 0) is 31.0 Å². The summed E-state index contributed by atoms with van der Waals surface area (Å²) >= 11 is 0. The molecule has 0 radical (unpaired) electrons. The Bertz CT molecular complexity index is 1270. The largest absolute Gasteiger partial charge is 0.507 e. The first kappa shape index (κ1) is 22.5. The van der Waals surface area contributed by atoms with Crippen LogP contribution >= 0.6 is 7.60 Å². The fourth-order valence-corrected chi connectivity index (χ4v) is 3.43. The minimum absolute atomic E-state index is 0.0834. The molecule has 10 nitrogen and oxygen atoms in total. The van der Waals surface area contributed by atoms with E-state index < -0.39 is 36.0 Å². The lowest BCUT2D eigenvalue weighted by atomic mass is 9.98. The summed E-state index contributed by atoms with van der Waals surface area (Å²) in [6.07, 6.45) is 0.372. The molecule has 11 heteroatoms. The van der Waals surface area contributed by atoms with Gasteiger partial charge in [0.1, 0.15) is 16.7 Å². The first-order valence-electron chi connectivity index (χ1n) is 9.25. The lowest BCUT2D eigenvalue weighted by molar-refractivity contribution is -0.109. The molecule has 1 unspecified atom stereocenters. The Morgan fingerprint density at radius 2 is 1.65 bits per heavy atom. The highest BCUT2D eigenvalue weighted by molar-refractivity contribution is 7.51. The van der Waals surface area contributed by atoms with E-state index in [-0.39, 0.29) is 52.0 Å². The molecule has 3 aromatic rings. The van der Waals surface area contributed by atoms with Gasteiger partial charge >= 0.3 is 7.60 Å². The summed E-state index contributed by atoms with van der Waals surface area (Å²) in [6, 6.07) is 3.55. The number of aryl methyl sites for hydroxylation is 1. The van der Waals surface area contributed by atoms with Crippen molar-refractivity contribution in [3.05, 3.63) is 39.5 Å². The van der Waals surface area contributed by atoms with Crippen LogP contribution in [0.3, 0.4) is 0 Å². The van der Waals surface area contributed by atoms with Crippen LogP contribution in [-0.2, 0) is 22.1 Å². The maximum absolute atomic E-state index is 12.9. The van der Waals surface area contributed by atoms with Gasteiger partial charge in [-0.3, -0.25) is 9.36 Å². The molecule has 1 heterocycles. The predicted octanol–water partition coefficient (Wildman–Crippen LogP) is 3.53. The van der Waals surface area contributed by atoms with Crippen LogP contribution in [0.25, 0.3) is 22.3 Å². The number of fused-ring (bicyclic) bond motifs is 1. The lowest BCUT2D eigenvalue weighted by Gasteiger charge is -2.18. The van der Waals surface area contributed by atoms with Crippen molar-refractivity contribution in [1.29, 1.82) is 0 Å². The molecular formula is C20H21O10P. The van der Waals surface area contributed by atoms with E-state index in [1.165, 1.54) is 6.07 Å². The quantitative estimate of drug-likeness (QED) is 0.161. The average Bonchev–Trinajstić information content (AvgIpc) is 2.70. The molecule has 31 heavy (non-hydrogen) atoms. The molecular weight excluding hydrogens is 431 g/mol. The summed E-state index contributed by atoms with van der Waals surface area (Å²) in [5.74, 6) is -2.65. The minimum Gasteiger partial charge on any atom is -0.507 e. The summed E-state index contributed by atoms with van der Waals surface area (Å²) in [5, 5.41) is 40.1. The highest BCUT2D eigenvalue weighted by atomic mass is 31.2. The van der Waals surface area contributed by atoms with Crippen LogP contribution in [-0.4, -0.2) is 32.0 Å². The van der Waals surface area contributed by atoms with Crippen molar-refractivity contribution in [3.8, 4) is 40.1 Å². The Morgan fingerprint density at radius 1 is 1.00 bits per heavy atom. The molecule has 0 aliphatic carbocycles. The molecule has 3 rings (SSSR count). The van der Waals surface area contributed by atoms with Crippen LogP contribution < -0.4 is 10.3 Å². The van der Waals surface area contributed by atoms with E-state index in [0.717, 1.165) is 18.8 Å². The molecule has 0 saturated heterocycles. The van der Waals surface area contributed by atoms with E-state index >= 15 is 0 Å². The minimum atomic E-state index is -4.04. The van der Waals surface area contributed by atoms with Crippen LogP contribution in [0.5, 0.6) is 28.7 Å². The van der Waals surface area contributed by atoms with E-state index in [4.69, 9.17) is 9.30 Å². The SMILES string of the molecule is CCc1c(OOP(C)(=O)O)c(CC)c2oc(-c3ccc(O)c(O)c3)c(O)c(=O)c2c1O. The van der Waals surface area contributed by atoms with Gasteiger partial charge in [-0.2, -0.15) is 0 Å². The van der Waals surface area contributed by atoms with E-state index in [0.29, 0.717) is 0 Å². The topological polar surface area (TPSA) is 167 Å². The molecule has 0 spiro atoms. The van der Waals surface area contributed by atoms with Crippen molar-refractivity contribution in [1.82, 2.24) is 0 Å². The second kappa shape index (κ2) is 8.14. The molecule has 2 aromatic carbocycles. The van der Waals surface area contributed by atoms with E-state index in [1.54, 1.807) is 13.8 Å². The molecule has 0 fully saturated rings. The molecule has 0 bridgehead atoms. The Labute approximate surface area is 176 Å². The Hall–Kier alpha value is -3.20. The molecule has 1 atom stereocenters. The second-order valence-electron chi connectivity index (χ2n) is 6.82. The third-order valence-electron chi connectivity index (χ3n) is 4.64. The number of phenolic OH excluding ortho intramolecular Hbond substituents is 3. The fraction of sp³-hybridized carbons (Fsp3) is 0.250. The van der Waals surface area contributed by atoms with Gasteiger partial charge in [0.15, 0.2) is 23.0 Å². The van der Waals surface area contributed by atoms with Gasteiger partial charge in [0.05, 0.1) is 0 Å². The lowest BCUT2D eigenvalue weighted by Crippen LogP contribution is -2.09.